The van der Waals surface area contributed by atoms with Gasteiger partial charge in [0.2, 0.25) is 0 Å². The van der Waals surface area contributed by atoms with Crippen LogP contribution < -0.4 is 0 Å². The van der Waals surface area contributed by atoms with Gasteiger partial charge in [0.1, 0.15) is 5.56 Å². The first-order valence-electron chi connectivity index (χ1n) is 3.98. The van der Waals surface area contributed by atoms with E-state index < -0.39 is 16.6 Å². The molecule has 0 amide bonds. The van der Waals surface area contributed by atoms with Crippen molar-refractivity contribution < 1.29 is 14.8 Å². The van der Waals surface area contributed by atoms with E-state index in [1.807, 2.05) is 5.92 Å². The standard InChI is InChI=1S/C10H4N2O4/c11-5-1-2-7-3-4-8(10(13)14)6-9(7)12(15)16/h3-4,6H,(H,13,14). The lowest BCUT2D eigenvalue weighted by molar-refractivity contribution is -0.385. The van der Waals surface area contributed by atoms with Crippen molar-refractivity contribution in [2.24, 2.45) is 0 Å². The van der Waals surface area contributed by atoms with Crippen LogP contribution in [0.25, 0.3) is 0 Å². The zero-order valence-corrected chi connectivity index (χ0v) is 7.80. The van der Waals surface area contributed by atoms with Gasteiger partial charge in [-0.1, -0.05) is 0 Å². The molecule has 16 heavy (non-hydrogen) atoms. The van der Waals surface area contributed by atoms with Gasteiger partial charge >= 0.3 is 5.97 Å². The molecule has 0 fully saturated rings. The van der Waals surface area contributed by atoms with Gasteiger partial charge in [0.05, 0.1) is 10.5 Å². The first kappa shape index (κ1) is 11.2. The summed E-state index contributed by atoms with van der Waals surface area (Å²) in [7, 11) is 0. The molecular formula is C10H4N2O4. The van der Waals surface area contributed by atoms with Crippen molar-refractivity contribution in [2.75, 3.05) is 0 Å². The molecule has 0 aliphatic heterocycles. The van der Waals surface area contributed by atoms with Crippen LogP contribution in [0, 0.1) is 33.3 Å². The Morgan fingerprint density at radius 3 is 2.69 bits per heavy atom. The maximum Gasteiger partial charge on any atom is 0.335 e. The first-order chi connectivity index (χ1) is 7.56. The zero-order valence-electron chi connectivity index (χ0n) is 7.80. The average Bonchev–Trinajstić information content (AvgIpc) is 2.25. The minimum Gasteiger partial charge on any atom is -0.478 e. The van der Waals surface area contributed by atoms with Gasteiger partial charge in [-0.25, -0.2) is 4.79 Å². The molecule has 0 aliphatic rings. The molecule has 0 unspecified atom stereocenters. The summed E-state index contributed by atoms with van der Waals surface area (Å²) in [6.07, 6.45) is 0. The molecule has 0 saturated heterocycles. The van der Waals surface area contributed by atoms with Crippen LogP contribution in [0.15, 0.2) is 18.2 Å². The second-order valence-electron chi connectivity index (χ2n) is 2.66. The van der Waals surface area contributed by atoms with Crippen molar-refractivity contribution in [3.63, 3.8) is 0 Å². The molecule has 6 heteroatoms. The Kier molecular flexibility index (Phi) is 3.21. The first-order valence-corrected chi connectivity index (χ1v) is 3.98. The molecule has 0 atom stereocenters. The minimum absolute atomic E-state index is 0.0107. The predicted molar refractivity (Wildman–Crippen MR) is 52.5 cm³/mol. The van der Waals surface area contributed by atoms with Gasteiger partial charge in [-0.3, -0.25) is 10.1 Å². The second kappa shape index (κ2) is 4.58. The van der Waals surface area contributed by atoms with Gasteiger partial charge < -0.3 is 5.11 Å². The lowest BCUT2D eigenvalue weighted by atomic mass is 10.1. The molecule has 1 N–H and O–H groups in total. The fourth-order valence-corrected chi connectivity index (χ4v) is 1.02. The van der Waals surface area contributed by atoms with Crippen LogP contribution in [0.4, 0.5) is 5.69 Å². The third kappa shape index (κ3) is 2.34. The molecule has 0 aliphatic carbocycles. The van der Waals surface area contributed by atoms with Crippen molar-refractivity contribution in [1.82, 2.24) is 0 Å². The van der Waals surface area contributed by atoms with E-state index in [1.165, 1.54) is 18.2 Å². The Morgan fingerprint density at radius 2 is 2.19 bits per heavy atom. The van der Waals surface area contributed by atoms with Crippen LogP contribution in [0.2, 0.25) is 0 Å². The molecule has 6 nitrogen and oxygen atoms in total. The Labute approximate surface area is 89.9 Å². The fourth-order valence-electron chi connectivity index (χ4n) is 1.02. The Hall–Kier alpha value is -2.86. The summed E-state index contributed by atoms with van der Waals surface area (Å²) < 4.78 is 0. The van der Waals surface area contributed by atoms with E-state index in [0.717, 1.165) is 6.07 Å². The molecule has 1 aromatic carbocycles. The fraction of sp³-hybridized carbons (Fsp3) is 0. The topological polar surface area (TPSA) is 104 Å². The maximum absolute atomic E-state index is 10.6. The van der Waals surface area contributed by atoms with Gasteiger partial charge in [0, 0.05) is 12.0 Å². The van der Waals surface area contributed by atoms with Crippen molar-refractivity contribution in [3.05, 3.63) is 39.4 Å². The second-order valence-corrected chi connectivity index (χ2v) is 2.66. The van der Waals surface area contributed by atoms with Gasteiger partial charge in [0.15, 0.2) is 6.07 Å². The molecular weight excluding hydrogens is 212 g/mol. The van der Waals surface area contributed by atoms with Gasteiger partial charge in [-0.2, -0.15) is 5.26 Å². The van der Waals surface area contributed by atoms with Gasteiger partial charge in [-0.05, 0) is 18.1 Å². The molecule has 78 valence electrons. The molecule has 0 bridgehead atoms. The normalized spacial score (nSPS) is 8.44. The molecule has 0 radical (unpaired) electrons. The van der Waals surface area contributed by atoms with E-state index in [1.54, 1.807) is 0 Å². The highest BCUT2D eigenvalue weighted by molar-refractivity contribution is 5.88. The van der Waals surface area contributed by atoms with E-state index in [-0.39, 0.29) is 11.1 Å². The molecule has 1 rings (SSSR count). The zero-order chi connectivity index (χ0) is 12.1. The minimum atomic E-state index is -1.26. The number of carboxylic acids is 1. The van der Waals surface area contributed by atoms with E-state index in [9.17, 15) is 14.9 Å². The predicted octanol–water partition coefficient (Wildman–Crippen LogP) is 1.17. The largest absolute Gasteiger partial charge is 0.478 e. The Balaban J connectivity index is 3.37. The lowest BCUT2D eigenvalue weighted by Crippen LogP contribution is -1.99. The summed E-state index contributed by atoms with van der Waals surface area (Å²) in [4.78, 5) is 20.5. The SMILES string of the molecule is N#CC#Cc1ccc(C(=O)O)cc1[N+](=O)[O-]. The number of carbonyl (C=O) groups is 1. The average molecular weight is 216 g/mol. The van der Waals surface area contributed by atoms with Crippen molar-refractivity contribution in [1.29, 1.82) is 5.26 Å². The summed E-state index contributed by atoms with van der Waals surface area (Å²) in [5, 5.41) is 27.5. The monoisotopic (exact) mass is 216 g/mol. The molecule has 0 heterocycles. The lowest BCUT2D eigenvalue weighted by Gasteiger charge is -1.97. The van der Waals surface area contributed by atoms with Crippen LogP contribution in [-0.2, 0) is 0 Å². The van der Waals surface area contributed by atoms with Crippen molar-refractivity contribution in [3.8, 4) is 17.9 Å². The summed E-state index contributed by atoms with van der Waals surface area (Å²) in [6, 6.07) is 4.82. The number of nitriles is 1. The van der Waals surface area contributed by atoms with E-state index in [0.29, 0.717) is 0 Å². The number of aromatic carboxylic acids is 1. The number of hydrogen-bond donors (Lipinski definition) is 1. The Morgan fingerprint density at radius 1 is 1.50 bits per heavy atom. The highest BCUT2D eigenvalue weighted by atomic mass is 16.6. The number of nitro benzene ring substituents is 1. The number of rotatable bonds is 2. The van der Waals surface area contributed by atoms with Crippen molar-refractivity contribution >= 4 is 11.7 Å². The number of carboxylic acid groups (broad SMARTS) is 1. The van der Waals surface area contributed by atoms with E-state index >= 15 is 0 Å². The van der Waals surface area contributed by atoms with Crippen molar-refractivity contribution in [2.45, 2.75) is 0 Å². The quantitative estimate of drug-likeness (QED) is 0.453. The van der Waals surface area contributed by atoms with Crippen LogP contribution in [-0.4, -0.2) is 16.0 Å². The van der Waals surface area contributed by atoms with Crippen LogP contribution in [0.1, 0.15) is 15.9 Å². The molecule has 0 saturated carbocycles. The number of nitro groups is 1. The molecule has 0 spiro atoms. The summed E-state index contributed by atoms with van der Waals surface area (Å²) in [6.45, 7) is 0. The van der Waals surface area contributed by atoms with Crippen LogP contribution in [0.5, 0.6) is 0 Å². The summed E-state index contributed by atoms with van der Waals surface area (Å²) in [5.74, 6) is 3.02. The van der Waals surface area contributed by atoms with Crippen LogP contribution >= 0.6 is 0 Å². The third-order valence-corrected chi connectivity index (χ3v) is 1.69. The number of nitrogens with zero attached hydrogens (tertiary/aromatic N) is 2. The highest BCUT2D eigenvalue weighted by Gasteiger charge is 2.15. The number of benzene rings is 1. The summed E-state index contributed by atoms with van der Waals surface area (Å²) >= 11 is 0. The highest BCUT2D eigenvalue weighted by Crippen LogP contribution is 2.19. The Bertz CT molecular complexity index is 560. The van der Waals surface area contributed by atoms with Crippen LogP contribution in [0.3, 0.4) is 0 Å². The molecule has 1 aromatic rings. The van der Waals surface area contributed by atoms with E-state index in [2.05, 4.69) is 5.92 Å². The third-order valence-electron chi connectivity index (χ3n) is 1.69. The van der Waals surface area contributed by atoms with Gasteiger partial charge in [-0.15, -0.1) is 0 Å². The maximum atomic E-state index is 10.6. The molecule has 0 aromatic heterocycles. The number of hydrogen-bond acceptors (Lipinski definition) is 4. The smallest absolute Gasteiger partial charge is 0.335 e. The van der Waals surface area contributed by atoms with E-state index in [4.69, 9.17) is 10.4 Å². The summed E-state index contributed by atoms with van der Waals surface area (Å²) in [5.41, 5.74) is -0.617. The van der Waals surface area contributed by atoms with Gasteiger partial charge in [0.25, 0.3) is 5.69 Å².